The normalized spacial score (nSPS) is 11.2. The molecule has 0 aromatic heterocycles. The summed E-state index contributed by atoms with van der Waals surface area (Å²) < 4.78 is 11.3. The highest BCUT2D eigenvalue weighted by Gasteiger charge is 2.36. The maximum atomic E-state index is 12.1. The van der Waals surface area contributed by atoms with Gasteiger partial charge in [-0.1, -0.05) is 136 Å². The van der Waals surface area contributed by atoms with Crippen molar-refractivity contribution in [2.45, 2.75) is 154 Å². The minimum absolute atomic E-state index is 0.527. The smallest absolute Gasteiger partial charge is 0.333 e. The molecule has 34 heavy (non-hydrogen) atoms. The Morgan fingerprint density at radius 1 is 0.529 bits per heavy atom. The van der Waals surface area contributed by atoms with E-state index < -0.39 is 17.7 Å². The van der Waals surface area contributed by atoms with Crippen molar-refractivity contribution in [3.8, 4) is 0 Å². The Morgan fingerprint density at radius 2 is 0.794 bits per heavy atom. The predicted molar refractivity (Wildman–Crippen MR) is 144 cm³/mol. The fraction of sp³-hybridized carbons (Fsp3) is 0.800. The molecule has 0 spiro atoms. The summed E-state index contributed by atoms with van der Waals surface area (Å²) >= 11 is 0. The molecule has 0 aromatic rings. The third-order valence-corrected chi connectivity index (χ3v) is 6.48. The average Bonchev–Trinajstić information content (AvgIpc) is 2.84. The summed E-state index contributed by atoms with van der Waals surface area (Å²) in [6.07, 6.45) is 26.4. The summed E-state index contributed by atoms with van der Waals surface area (Å²) in [5.74, 6) is -2.29. The Balaban J connectivity index is 4.55. The second-order valence-electron chi connectivity index (χ2n) is 9.67. The van der Waals surface area contributed by atoms with Crippen LogP contribution in [0.4, 0.5) is 0 Å². The number of hydrogen-bond donors (Lipinski definition) is 0. The van der Waals surface area contributed by atoms with Crippen molar-refractivity contribution in [3.63, 3.8) is 0 Å². The van der Waals surface area contributed by atoms with E-state index in [1.54, 1.807) is 0 Å². The first-order valence-electron chi connectivity index (χ1n) is 14.2. The summed E-state index contributed by atoms with van der Waals surface area (Å²) in [5, 5.41) is 0. The summed E-state index contributed by atoms with van der Waals surface area (Å²) in [4.78, 5) is 24.2. The summed E-state index contributed by atoms with van der Waals surface area (Å²) in [6, 6.07) is 0. The van der Waals surface area contributed by atoms with Crippen LogP contribution < -0.4 is 0 Å². The van der Waals surface area contributed by atoms with Gasteiger partial charge in [0.15, 0.2) is 0 Å². The topological polar surface area (TPSA) is 52.6 Å². The molecule has 0 N–H and O–H groups in total. The molecule has 0 unspecified atom stereocenters. The lowest BCUT2D eigenvalue weighted by atomic mass is 9.98. The molecule has 0 saturated heterocycles. The highest BCUT2D eigenvalue weighted by Crippen LogP contribution is 2.30. The van der Waals surface area contributed by atoms with Crippen LogP contribution in [0.5, 0.6) is 0 Å². The van der Waals surface area contributed by atoms with Crippen LogP contribution in [-0.4, -0.2) is 17.7 Å². The first-order valence-corrected chi connectivity index (χ1v) is 14.2. The first kappa shape index (κ1) is 32.4. The summed E-state index contributed by atoms with van der Waals surface area (Å²) in [7, 11) is 0. The maximum absolute atomic E-state index is 12.1. The van der Waals surface area contributed by atoms with E-state index in [9.17, 15) is 9.59 Å². The van der Waals surface area contributed by atoms with Crippen LogP contribution in [0.25, 0.3) is 0 Å². The monoisotopic (exact) mass is 478 g/mol. The van der Waals surface area contributed by atoms with Gasteiger partial charge in [0, 0.05) is 25.0 Å². The van der Waals surface area contributed by atoms with Crippen molar-refractivity contribution in [1.29, 1.82) is 0 Å². The lowest BCUT2D eigenvalue weighted by molar-refractivity contribution is -0.228. The van der Waals surface area contributed by atoms with Gasteiger partial charge in [-0.05, 0) is 12.8 Å². The Kier molecular flexibility index (Phi) is 22.1. The first-order chi connectivity index (χ1) is 16.5. The molecule has 0 atom stereocenters. The zero-order valence-corrected chi connectivity index (χ0v) is 22.6. The molecule has 0 aliphatic rings. The second-order valence-corrected chi connectivity index (χ2v) is 9.67. The minimum Gasteiger partial charge on any atom is -0.419 e. The van der Waals surface area contributed by atoms with Gasteiger partial charge >= 0.3 is 11.9 Å². The SMILES string of the molecule is C=CC(=O)OC(CCCCCCCCCCC)(CCCCCCCCCCCC)OC(=O)C=C. The van der Waals surface area contributed by atoms with Crippen LogP contribution in [0, 0.1) is 0 Å². The number of carbonyl (C=O) groups is 2. The van der Waals surface area contributed by atoms with Crippen molar-refractivity contribution < 1.29 is 19.1 Å². The molecule has 0 heterocycles. The minimum atomic E-state index is -1.21. The van der Waals surface area contributed by atoms with Crippen LogP contribution in [0.15, 0.2) is 25.3 Å². The molecule has 0 aliphatic carbocycles. The van der Waals surface area contributed by atoms with Crippen LogP contribution in [0.3, 0.4) is 0 Å². The molecule has 0 aromatic carbocycles. The second kappa shape index (κ2) is 23.2. The Morgan fingerprint density at radius 3 is 1.06 bits per heavy atom. The molecule has 0 radical (unpaired) electrons. The number of unbranched alkanes of at least 4 members (excludes halogenated alkanes) is 17. The number of rotatable bonds is 25. The van der Waals surface area contributed by atoms with Gasteiger partial charge < -0.3 is 9.47 Å². The number of ether oxygens (including phenoxy) is 2. The molecule has 0 aliphatic heterocycles. The number of hydrogen-bond acceptors (Lipinski definition) is 4. The van der Waals surface area contributed by atoms with Gasteiger partial charge in [-0.15, -0.1) is 0 Å². The molecule has 0 bridgehead atoms. The van der Waals surface area contributed by atoms with Gasteiger partial charge in [-0.25, -0.2) is 9.59 Å². The van der Waals surface area contributed by atoms with E-state index in [0.29, 0.717) is 12.8 Å². The third-order valence-electron chi connectivity index (χ3n) is 6.48. The van der Waals surface area contributed by atoms with E-state index in [1.807, 2.05) is 0 Å². The maximum Gasteiger partial charge on any atom is 0.333 e. The van der Waals surface area contributed by atoms with E-state index in [0.717, 1.165) is 50.7 Å². The quantitative estimate of drug-likeness (QED) is 0.0567. The van der Waals surface area contributed by atoms with Gasteiger partial charge in [0.05, 0.1) is 0 Å². The highest BCUT2D eigenvalue weighted by molar-refractivity contribution is 5.83. The fourth-order valence-corrected chi connectivity index (χ4v) is 4.39. The molecule has 0 rings (SSSR count). The molecule has 0 fully saturated rings. The van der Waals surface area contributed by atoms with E-state index in [2.05, 4.69) is 27.0 Å². The Hall–Kier alpha value is -1.58. The van der Waals surface area contributed by atoms with E-state index in [-0.39, 0.29) is 0 Å². The standard InChI is InChI=1S/C30H54O4/c1-5-9-11-13-15-17-19-21-23-25-27-30(33-28(31)7-3,34-29(32)8-4)26-24-22-20-18-16-14-12-10-6-2/h7-8H,3-6,9-27H2,1-2H3. The van der Waals surface area contributed by atoms with E-state index in [4.69, 9.17) is 9.47 Å². The third kappa shape index (κ3) is 18.8. The Labute approximate surface area is 210 Å². The van der Waals surface area contributed by atoms with Crippen molar-refractivity contribution in [2.75, 3.05) is 0 Å². The van der Waals surface area contributed by atoms with Crippen molar-refractivity contribution >= 4 is 11.9 Å². The number of carbonyl (C=O) groups excluding carboxylic acids is 2. The molecule has 4 nitrogen and oxygen atoms in total. The van der Waals surface area contributed by atoms with E-state index in [1.165, 1.54) is 83.5 Å². The predicted octanol–water partition coefficient (Wildman–Crippen LogP) is 9.37. The zero-order chi connectivity index (χ0) is 25.3. The fourth-order valence-electron chi connectivity index (χ4n) is 4.39. The number of esters is 2. The van der Waals surface area contributed by atoms with Crippen LogP contribution in [-0.2, 0) is 19.1 Å². The van der Waals surface area contributed by atoms with Crippen molar-refractivity contribution in [3.05, 3.63) is 25.3 Å². The van der Waals surface area contributed by atoms with Crippen LogP contribution in [0.2, 0.25) is 0 Å². The largest absolute Gasteiger partial charge is 0.419 e. The molecule has 4 heteroatoms. The van der Waals surface area contributed by atoms with Gasteiger partial charge in [0.25, 0.3) is 5.79 Å². The van der Waals surface area contributed by atoms with Gasteiger partial charge in [0.2, 0.25) is 0 Å². The molecule has 0 saturated carbocycles. The van der Waals surface area contributed by atoms with Crippen molar-refractivity contribution in [1.82, 2.24) is 0 Å². The average molecular weight is 479 g/mol. The lowest BCUT2D eigenvalue weighted by Crippen LogP contribution is -2.39. The van der Waals surface area contributed by atoms with E-state index >= 15 is 0 Å². The molecular weight excluding hydrogens is 424 g/mol. The highest BCUT2D eigenvalue weighted by atomic mass is 16.7. The van der Waals surface area contributed by atoms with Gasteiger partial charge in [0.1, 0.15) is 0 Å². The van der Waals surface area contributed by atoms with Gasteiger partial charge in [-0.3, -0.25) is 0 Å². The van der Waals surface area contributed by atoms with Gasteiger partial charge in [-0.2, -0.15) is 0 Å². The molecular formula is C30H54O4. The lowest BCUT2D eigenvalue weighted by Gasteiger charge is -2.32. The Bertz CT molecular complexity index is 504. The zero-order valence-electron chi connectivity index (χ0n) is 22.6. The van der Waals surface area contributed by atoms with Crippen molar-refractivity contribution in [2.24, 2.45) is 0 Å². The van der Waals surface area contributed by atoms with Crippen LogP contribution in [0.1, 0.15) is 149 Å². The molecule has 198 valence electrons. The summed E-state index contributed by atoms with van der Waals surface area (Å²) in [5.41, 5.74) is 0. The van der Waals surface area contributed by atoms with Crippen LogP contribution >= 0.6 is 0 Å². The molecule has 0 amide bonds. The summed E-state index contributed by atoms with van der Waals surface area (Å²) in [6.45, 7) is 11.5.